The van der Waals surface area contributed by atoms with Gasteiger partial charge in [-0.3, -0.25) is 4.90 Å². The van der Waals surface area contributed by atoms with Gasteiger partial charge in [-0.15, -0.1) is 0 Å². The van der Waals surface area contributed by atoms with Crippen LogP contribution in [0.4, 0.5) is 0 Å². The van der Waals surface area contributed by atoms with Gasteiger partial charge in [0.2, 0.25) is 0 Å². The van der Waals surface area contributed by atoms with Gasteiger partial charge in [0.05, 0.1) is 6.61 Å². The summed E-state index contributed by atoms with van der Waals surface area (Å²) < 4.78 is 5.60. The van der Waals surface area contributed by atoms with E-state index in [2.05, 4.69) is 37.9 Å². The molecule has 0 aromatic rings. The Kier molecular flexibility index (Phi) is 5.05. The number of hydrogen-bond acceptors (Lipinski definition) is 3. The maximum absolute atomic E-state index is 5.60. The third-order valence-electron chi connectivity index (χ3n) is 4.90. The molecule has 2 heterocycles. The highest BCUT2D eigenvalue weighted by molar-refractivity contribution is 4.93. The summed E-state index contributed by atoms with van der Waals surface area (Å²) in [6, 6.07) is 1.99. The van der Waals surface area contributed by atoms with Gasteiger partial charge in [0.1, 0.15) is 0 Å². The molecule has 2 rings (SSSR count). The monoisotopic (exact) mass is 254 g/mol. The van der Waals surface area contributed by atoms with Gasteiger partial charge in [-0.05, 0) is 18.3 Å². The summed E-state index contributed by atoms with van der Waals surface area (Å²) in [5, 5.41) is 3.77. The molecule has 106 valence electrons. The standard InChI is InChI=1S/C15H30N2O/c1-5-12(4)14-9-17(13-6-7-18-10-13)15(8-16-14)11(2)3/h11-16H,5-10H2,1-4H3. The van der Waals surface area contributed by atoms with Gasteiger partial charge in [0.25, 0.3) is 0 Å². The van der Waals surface area contributed by atoms with E-state index in [0.29, 0.717) is 18.1 Å². The second-order valence-electron chi connectivity index (χ2n) is 6.43. The summed E-state index contributed by atoms with van der Waals surface area (Å²) >= 11 is 0. The quantitative estimate of drug-likeness (QED) is 0.832. The molecule has 0 aromatic carbocycles. The van der Waals surface area contributed by atoms with Crippen LogP contribution in [-0.2, 0) is 4.74 Å². The first-order valence-corrected chi connectivity index (χ1v) is 7.70. The summed E-state index contributed by atoms with van der Waals surface area (Å²) in [5.74, 6) is 1.49. The normalized spacial score (nSPS) is 36.2. The predicted octanol–water partition coefficient (Wildman–Crippen LogP) is 2.12. The van der Waals surface area contributed by atoms with Gasteiger partial charge < -0.3 is 10.1 Å². The van der Waals surface area contributed by atoms with E-state index in [1.54, 1.807) is 0 Å². The fourth-order valence-corrected chi connectivity index (χ4v) is 3.30. The van der Waals surface area contributed by atoms with E-state index < -0.39 is 0 Å². The van der Waals surface area contributed by atoms with Gasteiger partial charge in [0, 0.05) is 37.8 Å². The van der Waals surface area contributed by atoms with Crippen molar-refractivity contribution >= 4 is 0 Å². The van der Waals surface area contributed by atoms with Crippen molar-refractivity contribution in [3.8, 4) is 0 Å². The average Bonchev–Trinajstić information content (AvgIpc) is 2.90. The molecular formula is C15H30N2O. The molecule has 0 saturated carbocycles. The summed E-state index contributed by atoms with van der Waals surface area (Å²) in [4.78, 5) is 2.74. The Bertz CT molecular complexity index is 251. The Labute approximate surface area is 112 Å². The molecule has 3 nitrogen and oxygen atoms in total. The third-order valence-corrected chi connectivity index (χ3v) is 4.90. The van der Waals surface area contributed by atoms with Gasteiger partial charge >= 0.3 is 0 Å². The minimum atomic E-state index is 0.658. The van der Waals surface area contributed by atoms with E-state index in [1.807, 2.05) is 0 Å². The van der Waals surface area contributed by atoms with E-state index in [9.17, 15) is 0 Å². The predicted molar refractivity (Wildman–Crippen MR) is 75.8 cm³/mol. The minimum Gasteiger partial charge on any atom is -0.380 e. The molecule has 2 aliphatic rings. The van der Waals surface area contributed by atoms with Crippen molar-refractivity contribution < 1.29 is 4.74 Å². The van der Waals surface area contributed by atoms with E-state index in [1.165, 1.54) is 19.4 Å². The van der Waals surface area contributed by atoms with Crippen LogP contribution in [0, 0.1) is 11.8 Å². The second kappa shape index (κ2) is 6.36. The van der Waals surface area contributed by atoms with Crippen LogP contribution in [0.15, 0.2) is 0 Å². The molecule has 18 heavy (non-hydrogen) atoms. The van der Waals surface area contributed by atoms with Gasteiger partial charge in [0.15, 0.2) is 0 Å². The lowest BCUT2D eigenvalue weighted by atomic mass is 9.90. The summed E-state index contributed by atoms with van der Waals surface area (Å²) in [6.07, 6.45) is 2.48. The fourth-order valence-electron chi connectivity index (χ4n) is 3.30. The number of nitrogens with zero attached hydrogens (tertiary/aromatic N) is 1. The lowest BCUT2D eigenvalue weighted by molar-refractivity contribution is 0.0372. The van der Waals surface area contributed by atoms with E-state index in [4.69, 9.17) is 4.74 Å². The molecule has 0 aliphatic carbocycles. The van der Waals surface area contributed by atoms with Crippen LogP contribution in [0.25, 0.3) is 0 Å². The highest BCUT2D eigenvalue weighted by atomic mass is 16.5. The van der Waals surface area contributed by atoms with Gasteiger partial charge in [-0.1, -0.05) is 34.1 Å². The van der Waals surface area contributed by atoms with E-state index in [-0.39, 0.29) is 0 Å². The smallest absolute Gasteiger partial charge is 0.0622 e. The zero-order valence-corrected chi connectivity index (χ0v) is 12.5. The Hall–Kier alpha value is -0.120. The van der Waals surface area contributed by atoms with Crippen molar-refractivity contribution in [2.24, 2.45) is 11.8 Å². The first kappa shape index (κ1) is 14.3. The molecule has 4 unspecified atom stereocenters. The molecule has 2 aliphatic heterocycles. The van der Waals surface area contributed by atoms with Crippen LogP contribution >= 0.6 is 0 Å². The van der Waals surface area contributed by atoms with Crippen LogP contribution in [0.3, 0.4) is 0 Å². The molecule has 2 fully saturated rings. The molecule has 0 bridgehead atoms. The number of rotatable bonds is 4. The van der Waals surface area contributed by atoms with E-state index >= 15 is 0 Å². The summed E-state index contributed by atoms with van der Waals surface area (Å²) in [5.41, 5.74) is 0. The molecule has 4 atom stereocenters. The number of nitrogens with one attached hydrogen (secondary N) is 1. The maximum atomic E-state index is 5.60. The molecule has 0 amide bonds. The molecule has 0 radical (unpaired) electrons. The highest BCUT2D eigenvalue weighted by Crippen LogP contribution is 2.25. The number of hydrogen-bond donors (Lipinski definition) is 1. The van der Waals surface area contributed by atoms with Crippen molar-refractivity contribution in [3.63, 3.8) is 0 Å². The molecular weight excluding hydrogens is 224 g/mol. The fraction of sp³-hybridized carbons (Fsp3) is 1.00. The Balaban J connectivity index is 2.03. The topological polar surface area (TPSA) is 24.5 Å². The Morgan fingerprint density at radius 2 is 2.11 bits per heavy atom. The van der Waals surface area contributed by atoms with Crippen LogP contribution in [-0.4, -0.2) is 49.3 Å². The van der Waals surface area contributed by atoms with Gasteiger partial charge in [-0.25, -0.2) is 0 Å². The van der Waals surface area contributed by atoms with Crippen molar-refractivity contribution in [1.82, 2.24) is 10.2 Å². The first-order valence-electron chi connectivity index (χ1n) is 7.70. The van der Waals surface area contributed by atoms with Crippen molar-refractivity contribution in [3.05, 3.63) is 0 Å². The molecule has 2 saturated heterocycles. The minimum absolute atomic E-state index is 0.658. The molecule has 3 heteroatoms. The number of ether oxygens (including phenoxy) is 1. The van der Waals surface area contributed by atoms with Crippen LogP contribution in [0.5, 0.6) is 0 Å². The first-order chi connectivity index (χ1) is 8.63. The van der Waals surface area contributed by atoms with Crippen molar-refractivity contribution in [2.45, 2.75) is 58.7 Å². The van der Waals surface area contributed by atoms with Crippen molar-refractivity contribution in [2.75, 3.05) is 26.3 Å². The maximum Gasteiger partial charge on any atom is 0.0622 e. The number of piperazine rings is 1. The summed E-state index contributed by atoms with van der Waals surface area (Å²) in [6.45, 7) is 13.6. The van der Waals surface area contributed by atoms with Crippen LogP contribution in [0.2, 0.25) is 0 Å². The highest BCUT2D eigenvalue weighted by Gasteiger charge is 2.36. The Morgan fingerprint density at radius 1 is 1.33 bits per heavy atom. The van der Waals surface area contributed by atoms with Crippen LogP contribution < -0.4 is 5.32 Å². The lowest BCUT2D eigenvalue weighted by Crippen LogP contribution is -2.62. The van der Waals surface area contributed by atoms with Crippen LogP contribution in [0.1, 0.15) is 40.5 Å². The molecule has 0 spiro atoms. The SMILES string of the molecule is CCC(C)C1CN(C2CCOC2)C(C(C)C)CN1. The largest absolute Gasteiger partial charge is 0.380 e. The summed E-state index contributed by atoms with van der Waals surface area (Å²) in [7, 11) is 0. The van der Waals surface area contributed by atoms with Gasteiger partial charge in [-0.2, -0.15) is 0 Å². The average molecular weight is 254 g/mol. The Morgan fingerprint density at radius 3 is 2.67 bits per heavy atom. The third kappa shape index (κ3) is 3.06. The van der Waals surface area contributed by atoms with Crippen molar-refractivity contribution in [1.29, 1.82) is 0 Å². The molecule has 0 aromatic heterocycles. The lowest BCUT2D eigenvalue weighted by Gasteiger charge is -2.46. The zero-order valence-electron chi connectivity index (χ0n) is 12.5. The molecule has 1 N–H and O–H groups in total. The zero-order chi connectivity index (χ0) is 13.1. The second-order valence-corrected chi connectivity index (χ2v) is 6.43. The van der Waals surface area contributed by atoms with E-state index in [0.717, 1.165) is 31.6 Å².